The molecule has 1 atom stereocenters. The van der Waals surface area contributed by atoms with Gasteiger partial charge in [0.15, 0.2) is 40.6 Å². The zero-order chi connectivity index (χ0) is 52.0. The van der Waals surface area contributed by atoms with Gasteiger partial charge < -0.3 is 41.1 Å². The summed E-state index contributed by atoms with van der Waals surface area (Å²) < 4.78 is 120. The number of amides is 1. The number of fused-ring (bicyclic) bond motifs is 1. The Morgan fingerprint density at radius 3 is 1.92 bits per heavy atom. The number of nitriles is 1. The summed E-state index contributed by atoms with van der Waals surface area (Å²) >= 11 is 0. The van der Waals surface area contributed by atoms with Gasteiger partial charge in [0.25, 0.3) is 6.47 Å². The van der Waals surface area contributed by atoms with Crippen LogP contribution in [0.25, 0.3) is 16.4 Å². The average molecular weight is 1060 g/mol. The van der Waals surface area contributed by atoms with Crippen molar-refractivity contribution in [1.82, 2.24) is 29.5 Å². The number of nitrogens with zero attached hydrogens (tertiary/aromatic N) is 8. The van der Waals surface area contributed by atoms with Gasteiger partial charge in [0.1, 0.15) is 28.9 Å². The van der Waals surface area contributed by atoms with Crippen molar-refractivity contribution in [2.24, 2.45) is 11.1 Å². The average Bonchev–Trinajstić information content (AvgIpc) is 3.93. The van der Waals surface area contributed by atoms with Crippen molar-refractivity contribution in [3.05, 3.63) is 106 Å². The third-order valence-electron chi connectivity index (χ3n) is 9.25. The molecule has 1 aliphatic heterocycles. The van der Waals surface area contributed by atoms with Crippen molar-refractivity contribution < 1.29 is 125 Å². The molecule has 0 aliphatic carbocycles. The van der Waals surface area contributed by atoms with Crippen molar-refractivity contribution >= 4 is 48.2 Å². The van der Waals surface area contributed by atoms with Gasteiger partial charge in [-0.25, -0.2) is 43.5 Å². The summed E-state index contributed by atoms with van der Waals surface area (Å²) in [6, 6.07) is 9.91. The van der Waals surface area contributed by atoms with Crippen molar-refractivity contribution in [1.29, 1.82) is 10.7 Å². The van der Waals surface area contributed by atoms with E-state index in [1.807, 2.05) is 0 Å². The Labute approximate surface area is 446 Å². The first-order valence-electron chi connectivity index (χ1n) is 19.3. The number of nitrogens with two attached hydrogens (primary N) is 2. The number of alkyl halides is 4. The van der Waals surface area contributed by atoms with Gasteiger partial charge in [-0.1, -0.05) is 24.3 Å². The molecule has 0 bridgehead atoms. The summed E-state index contributed by atoms with van der Waals surface area (Å²) in [5, 5.41) is 34.7. The number of hydrogen-bond acceptors (Lipinski definition) is 15. The molecule has 0 radical (unpaired) electrons. The summed E-state index contributed by atoms with van der Waals surface area (Å²) in [7, 11) is 0. The summed E-state index contributed by atoms with van der Waals surface area (Å²) in [5.41, 5.74) is 9.28. The van der Waals surface area contributed by atoms with E-state index in [1.165, 1.54) is 38.1 Å². The Bertz CT molecular complexity index is 2740. The fourth-order valence-corrected chi connectivity index (χ4v) is 5.76. The van der Waals surface area contributed by atoms with Gasteiger partial charge in [0.05, 0.1) is 30.7 Å². The molecular weight excluding hydrogens is 1020 g/mol. The largest absolute Gasteiger partial charge is 1.00 e. The molecule has 1 aliphatic rings. The van der Waals surface area contributed by atoms with Crippen LogP contribution in [0.4, 0.5) is 46.8 Å². The normalized spacial score (nSPS) is 12.2. The number of hydrogen-bond donors (Lipinski definition) is 4. The maximum Gasteiger partial charge on any atom is 1.00 e. The quantitative estimate of drug-likeness (QED) is 0.0143. The van der Waals surface area contributed by atoms with Crippen molar-refractivity contribution in [2.45, 2.75) is 72.4 Å². The van der Waals surface area contributed by atoms with Gasteiger partial charge in [0, 0.05) is 23.3 Å². The molecule has 4 heterocycles. The first-order valence-corrected chi connectivity index (χ1v) is 19.3. The summed E-state index contributed by atoms with van der Waals surface area (Å²) in [4.78, 5) is 46.2. The molecule has 1 unspecified atom stereocenters. The second-order valence-electron chi connectivity index (χ2n) is 14.7. The predicted octanol–water partition coefficient (Wildman–Crippen LogP) is 2.42. The molecule has 6 N–H and O–H groups in total. The van der Waals surface area contributed by atoms with Crippen molar-refractivity contribution in [3.63, 3.8) is 0 Å². The van der Waals surface area contributed by atoms with Crippen LogP contribution >= 0.6 is 12.4 Å². The third-order valence-corrected chi connectivity index (χ3v) is 9.25. The van der Waals surface area contributed by atoms with Crippen molar-refractivity contribution in [3.8, 4) is 29.3 Å². The number of ether oxygens (including phenoxy) is 3. The molecule has 2 aromatic carbocycles. The maximum absolute atomic E-state index is 14.0. The molecule has 20 nitrogen and oxygen atoms in total. The molecular formula is C41H40ClF8KN12O8. The SMILES string of the molecule is CC1(C)C(=O)Nc2nc(-c3cc(OC(F)F)n(Cc4cccc(F)c4F)n3)nc(N)c21.Cl.N=C(N)c1cc(OC(F)F)n(Cc2cccc(F)c2F)n1.O=CO[O-].[C-]#[N+]C(C#N)C(C)(C)C(=O)OCC.[K+]. The van der Waals surface area contributed by atoms with E-state index in [9.17, 15) is 44.7 Å². The van der Waals surface area contributed by atoms with Crippen LogP contribution in [0, 0.1) is 52.0 Å². The number of aromatic nitrogens is 6. The predicted molar refractivity (Wildman–Crippen MR) is 228 cm³/mol. The molecule has 0 spiro atoms. The van der Waals surface area contributed by atoms with Crippen LogP contribution in [0.2, 0.25) is 0 Å². The van der Waals surface area contributed by atoms with E-state index in [0.29, 0.717) is 5.56 Å². The number of carbonyl (C=O) groups excluding carboxylic acids is 3. The van der Waals surface area contributed by atoms with E-state index >= 15 is 0 Å². The van der Waals surface area contributed by atoms with Crippen LogP contribution < -0.4 is 82.9 Å². The van der Waals surface area contributed by atoms with Gasteiger partial charge in [-0.3, -0.25) is 24.6 Å². The van der Waals surface area contributed by atoms with Gasteiger partial charge in [-0.15, -0.1) is 12.4 Å². The smallest absolute Gasteiger partial charge is 0.662 e. The van der Waals surface area contributed by atoms with Crippen LogP contribution in [0.1, 0.15) is 57.0 Å². The molecule has 6 rings (SSSR count). The van der Waals surface area contributed by atoms with Crippen LogP contribution in [-0.4, -0.2) is 79.6 Å². The van der Waals surface area contributed by atoms with Crippen molar-refractivity contribution in [2.75, 3.05) is 17.7 Å². The van der Waals surface area contributed by atoms with Gasteiger partial charge in [-0.05, 0) is 46.8 Å². The first-order chi connectivity index (χ1) is 32.4. The zero-order valence-corrected chi connectivity index (χ0v) is 41.9. The monoisotopic (exact) mass is 1050 g/mol. The Morgan fingerprint density at radius 2 is 1.48 bits per heavy atom. The minimum Gasteiger partial charge on any atom is -0.662 e. The molecule has 0 fully saturated rings. The number of carbonyl (C=O) groups is 3. The molecule has 71 heavy (non-hydrogen) atoms. The standard InChI is InChI=1S/C19H16F4N6O2.C12H10F4N4O.C9H12N2O2.CH2O3.ClH.K/c1-19(2)12-14(24)25-15(26-16(12)27-17(19)30)10-6-11(31-18(22)23)29(28-10)7-8-4-3-5-9(20)13(8)21;13-7-3-1-2-6(10(7)14)5-20-9(21-12(15)16)4-8(19-20)11(17)18;1-5-13-8(12)9(2,3)7(6-10)11-4;2-1-4-3;;/h3-6,18H,7H2,1-2H3,(H3,24,25,26,27,30);1-4,12H,5H2,(H3,17,18);7H,5H2,1-3H3;1,3H;1H;/q;;;;;+1/p-1. The van der Waals surface area contributed by atoms with Gasteiger partial charge >= 0.3 is 76.6 Å². The molecule has 0 saturated heterocycles. The van der Waals surface area contributed by atoms with E-state index in [-0.39, 0.29) is 129 Å². The number of rotatable bonds is 14. The number of halogens is 9. The summed E-state index contributed by atoms with van der Waals surface area (Å²) in [5.74, 6) is -6.38. The number of anilines is 2. The Balaban J connectivity index is 0.000000547. The number of benzene rings is 2. The van der Waals surface area contributed by atoms with Crippen LogP contribution in [0.5, 0.6) is 11.8 Å². The molecule has 3 aromatic heterocycles. The number of nitrogens with one attached hydrogen (secondary N) is 2. The van der Waals surface area contributed by atoms with Gasteiger partial charge in [0.2, 0.25) is 17.7 Å². The maximum atomic E-state index is 14.0. The Morgan fingerprint density at radius 1 is 0.986 bits per heavy atom. The molecule has 376 valence electrons. The third kappa shape index (κ3) is 16.3. The number of nitrogen functional groups attached to an aromatic ring is 2. The molecule has 5 aromatic rings. The van der Waals surface area contributed by atoms with Crippen LogP contribution in [0.3, 0.4) is 0 Å². The number of esters is 1. The van der Waals surface area contributed by atoms with E-state index in [1.54, 1.807) is 26.8 Å². The fraction of sp³-hybridized carbons (Fsp3) is 0.317. The summed E-state index contributed by atoms with van der Waals surface area (Å²) in [6.07, 6.45) is 0. The van der Waals surface area contributed by atoms with E-state index < -0.39 is 83.5 Å². The molecule has 1 amide bonds. The molecule has 0 saturated carbocycles. The van der Waals surface area contributed by atoms with E-state index in [2.05, 4.69) is 44.7 Å². The molecule has 30 heteroatoms. The minimum absolute atomic E-state index is 0. The summed E-state index contributed by atoms with van der Waals surface area (Å²) in [6.45, 7) is 7.84. The Hall–Kier alpha value is -6.47. The number of amidine groups is 1. The second kappa shape index (κ2) is 27.8. The van der Waals surface area contributed by atoms with Crippen LogP contribution in [-0.2, 0) is 42.5 Å². The second-order valence-corrected chi connectivity index (χ2v) is 14.7. The van der Waals surface area contributed by atoms with E-state index in [4.69, 9.17) is 43.5 Å². The topological polar surface area (TPSA) is 289 Å². The van der Waals surface area contributed by atoms with E-state index in [0.717, 1.165) is 33.6 Å². The Kier molecular flexibility index (Phi) is 24.5. The zero-order valence-electron chi connectivity index (χ0n) is 38.0. The first kappa shape index (κ1) is 62.5. The fourth-order valence-electron chi connectivity index (χ4n) is 5.76. The van der Waals surface area contributed by atoms with Gasteiger partial charge in [-0.2, -0.15) is 33.0 Å². The minimum atomic E-state index is -3.19. The van der Waals surface area contributed by atoms with Crippen LogP contribution in [0.15, 0.2) is 48.5 Å².